The molecule has 2 N–H and O–H groups in total. The Bertz CT molecular complexity index is 628. The molecule has 0 aliphatic carbocycles. The highest BCUT2D eigenvalue weighted by atomic mass is 35.5. The van der Waals surface area contributed by atoms with Crippen molar-refractivity contribution in [2.45, 2.75) is 32.7 Å². The second-order valence-electron chi connectivity index (χ2n) is 5.14. The molecule has 0 fully saturated rings. The van der Waals surface area contributed by atoms with Crippen LogP contribution in [0.2, 0.25) is 10.0 Å². The van der Waals surface area contributed by atoms with Gasteiger partial charge >= 0.3 is 0 Å². The summed E-state index contributed by atoms with van der Waals surface area (Å²) in [6.45, 7) is 4.02. The van der Waals surface area contributed by atoms with E-state index in [1.165, 1.54) is 0 Å². The number of ether oxygens (including phenoxy) is 1. The second-order valence-corrected chi connectivity index (χ2v) is 5.98. The lowest BCUT2D eigenvalue weighted by molar-refractivity contribution is 0.472. The molecule has 0 radical (unpaired) electrons. The minimum atomic E-state index is 0.112. The highest BCUT2D eigenvalue weighted by Crippen LogP contribution is 2.31. The van der Waals surface area contributed by atoms with E-state index in [0.717, 1.165) is 40.5 Å². The van der Waals surface area contributed by atoms with Gasteiger partial charge in [-0.2, -0.15) is 0 Å². The molecule has 0 bridgehead atoms. The minimum Gasteiger partial charge on any atom is -0.457 e. The SMILES string of the molecule is CCC(N)Cc1ccc(Cl)cc1Oc1ccc(Cl)c(C)c1. The molecular weight excluding hydrogens is 305 g/mol. The molecule has 2 aromatic carbocycles. The van der Waals surface area contributed by atoms with Crippen molar-refractivity contribution in [3.63, 3.8) is 0 Å². The molecule has 0 aliphatic rings. The third kappa shape index (κ3) is 4.37. The summed E-state index contributed by atoms with van der Waals surface area (Å²) in [5, 5.41) is 1.37. The standard InChI is InChI=1S/C17H19Cl2NO/c1-3-14(20)9-12-4-5-13(18)10-17(12)21-15-6-7-16(19)11(2)8-15/h4-8,10,14H,3,9,20H2,1-2H3. The normalized spacial score (nSPS) is 12.2. The maximum atomic E-state index is 6.08. The fourth-order valence-electron chi connectivity index (χ4n) is 2.03. The molecule has 21 heavy (non-hydrogen) atoms. The van der Waals surface area contributed by atoms with Gasteiger partial charge in [-0.15, -0.1) is 0 Å². The van der Waals surface area contributed by atoms with Crippen LogP contribution in [0, 0.1) is 6.92 Å². The fraction of sp³-hybridized carbons (Fsp3) is 0.294. The number of benzene rings is 2. The molecule has 0 amide bonds. The van der Waals surface area contributed by atoms with Crippen LogP contribution in [-0.2, 0) is 6.42 Å². The summed E-state index contributed by atoms with van der Waals surface area (Å²) in [5.74, 6) is 1.48. The molecule has 0 heterocycles. The number of hydrogen-bond donors (Lipinski definition) is 1. The average Bonchev–Trinajstić information content (AvgIpc) is 2.45. The average molecular weight is 324 g/mol. The number of hydrogen-bond acceptors (Lipinski definition) is 2. The van der Waals surface area contributed by atoms with Crippen LogP contribution < -0.4 is 10.5 Å². The van der Waals surface area contributed by atoms with Crippen LogP contribution in [0.5, 0.6) is 11.5 Å². The van der Waals surface area contributed by atoms with Gasteiger partial charge in [0.15, 0.2) is 0 Å². The van der Waals surface area contributed by atoms with Gasteiger partial charge in [-0.05, 0) is 61.2 Å². The topological polar surface area (TPSA) is 35.2 Å². The van der Waals surface area contributed by atoms with Crippen LogP contribution in [0.1, 0.15) is 24.5 Å². The van der Waals surface area contributed by atoms with E-state index < -0.39 is 0 Å². The first-order valence-electron chi connectivity index (χ1n) is 6.97. The highest BCUT2D eigenvalue weighted by Gasteiger charge is 2.10. The fourth-order valence-corrected chi connectivity index (χ4v) is 2.31. The van der Waals surface area contributed by atoms with Crippen molar-refractivity contribution in [1.29, 1.82) is 0 Å². The maximum absolute atomic E-state index is 6.08. The van der Waals surface area contributed by atoms with Crippen LogP contribution >= 0.6 is 23.2 Å². The summed E-state index contributed by atoms with van der Waals surface area (Å²) in [4.78, 5) is 0. The number of halogens is 2. The zero-order chi connectivity index (χ0) is 15.4. The number of rotatable bonds is 5. The van der Waals surface area contributed by atoms with Gasteiger partial charge in [0, 0.05) is 16.1 Å². The molecule has 2 aromatic rings. The molecule has 1 atom stereocenters. The lowest BCUT2D eigenvalue weighted by Crippen LogP contribution is -2.21. The summed E-state index contributed by atoms with van der Waals surface area (Å²) in [6, 6.07) is 11.3. The van der Waals surface area contributed by atoms with E-state index in [1.807, 2.05) is 43.3 Å². The number of aryl methyl sites for hydroxylation is 1. The Morgan fingerprint density at radius 1 is 1.14 bits per heavy atom. The second kappa shape index (κ2) is 7.17. The molecule has 0 saturated heterocycles. The Labute approximate surface area is 135 Å². The van der Waals surface area contributed by atoms with Crippen LogP contribution in [0.4, 0.5) is 0 Å². The van der Waals surface area contributed by atoms with Gasteiger partial charge in [-0.1, -0.05) is 36.2 Å². The van der Waals surface area contributed by atoms with Gasteiger partial charge in [-0.3, -0.25) is 0 Å². The van der Waals surface area contributed by atoms with Crippen molar-refractivity contribution >= 4 is 23.2 Å². The predicted molar refractivity (Wildman–Crippen MR) is 89.7 cm³/mol. The Morgan fingerprint density at radius 3 is 2.57 bits per heavy atom. The Hall–Kier alpha value is -1.22. The van der Waals surface area contributed by atoms with Crippen LogP contribution in [0.25, 0.3) is 0 Å². The van der Waals surface area contributed by atoms with Crippen LogP contribution in [0.3, 0.4) is 0 Å². The van der Waals surface area contributed by atoms with Crippen molar-refractivity contribution in [3.05, 3.63) is 57.6 Å². The zero-order valence-electron chi connectivity index (χ0n) is 12.2. The van der Waals surface area contributed by atoms with Crippen molar-refractivity contribution in [2.75, 3.05) is 0 Å². The van der Waals surface area contributed by atoms with E-state index >= 15 is 0 Å². The van der Waals surface area contributed by atoms with Crippen LogP contribution in [-0.4, -0.2) is 6.04 Å². The molecule has 2 rings (SSSR count). The van der Waals surface area contributed by atoms with E-state index in [2.05, 4.69) is 6.92 Å². The third-order valence-corrected chi connectivity index (χ3v) is 4.05. The Balaban J connectivity index is 2.28. The molecule has 0 saturated carbocycles. The number of nitrogens with two attached hydrogens (primary N) is 1. The molecule has 2 nitrogen and oxygen atoms in total. The van der Waals surface area contributed by atoms with Crippen molar-refractivity contribution < 1.29 is 4.74 Å². The van der Waals surface area contributed by atoms with Crippen molar-refractivity contribution in [2.24, 2.45) is 5.73 Å². The van der Waals surface area contributed by atoms with E-state index in [9.17, 15) is 0 Å². The molecule has 0 aromatic heterocycles. The molecule has 112 valence electrons. The summed E-state index contributed by atoms with van der Waals surface area (Å²) < 4.78 is 5.97. The molecular formula is C17H19Cl2NO. The molecule has 4 heteroatoms. The van der Waals surface area contributed by atoms with Gasteiger partial charge in [0.05, 0.1) is 0 Å². The lowest BCUT2D eigenvalue weighted by atomic mass is 10.0. The monoisotopic (exact) mass is 323 g/mol. The quantitative estimate of drug-likeness (QED) is 0.802. The highest BCUT2D eigenvalue weighted by molar-refractivity contribution is 6.31. The van der Waals surface area contributed by atoms with E-state index in [4.69, 9.17) is 33.7 Å². The van der Waals surface area contributed by atoms with Crippen molar-refractivity contribution in [1.82, 2.24) is 0 Å². The first kappa shape index (κ1) is 16.2. The zero-order valence-corrected chi connectivity index (χ0v) is 13.7. The van der Waals surface area contributed by atoms with Gasteiger partial charge in [0.25, 0.3) is 0 Å². The smallest absolute Gasteiger partial charge is 0.132 e. The van der Waals surface area contributed by atoms with E-state index in [0.29, 0.717) is 5.02 Å². The van der Waals surface area contributed by atoms with Crippen molar-refractivity contribution in [3.8, 4) is 11.5 Å². The third-order valence-electron chi connectivity index (χ3n) is 3.39. The first-order valence-corrected chi connectivity index (χ1v) is 7.73. The maximum Gasteiger partial charge on any atom is 0.132 e. The molecule has 0 spiro atoms. The summed E-state index contributed by atoms with van der Waals surface area (Å²) in [5.41, 5.74) is 8.08. The van der Waals surface area contributed by atoms with Gasteiger partial charge in [-0.25, -0.2) is 0 Å². The van der Waals surface area contributed by atoms with E-state index in [1.54, 1.807) is 0 Å². The summed E-state index contributed by atoms with van der Waals surface area (Å²) in [7, 11) is 0. The summed E-state index contributed by atoms with van der Waals surface area (Å²) >= 11 is 12.1. The first-order chi connectivity index (χ1) is 9.99. The van der Waals surface area contributed by atoms with Gasteiger partial charge in [0.2, 0.25) is 0 Å². The Morgan fingerprint density at radius 2 is 1.90 bits per heavy atom. The van der Waals surface area contributed by atoms with Gasteiger partial charge in [0.1, 0.15) is 11.5 Å². The van der Waals surface area contributed by atoms with Crippen LogP contribution in [0.15, 0.2) is 36.4 Å². The Kier molecular flexibility index (Phi) is 5.51. The summed E-state index contributed by atoms with van der Waals surface area (Å²) in [6.07, 6.45) is 1.68. The van der Waals surface area contributed by atoms with Gasteiger partial charge < -0.3 is 10.5 Å². The lowest BCUT2D eigenvalue weighted by Gasteiger charge is -2.15. The predicted octanol–water partition coefficient (Wildman–Crippen LogP) is 5.37. The largest absolute Gasteiger partial charge is 0.457 e. The molecule has 1 unspecified atom stereocenters. The van der Waals surface area contributed by atoms with E-state index in [-0.39, 0.29) is 6.04 Å². The minimum absolute atomic E-state index is 0.112. The molecule has 0 aliphatic heterocycles.